The Labute approximate surface area is 129 Å². The first-order chi connectivity index (χ1) is 10.2. The maximum absolute atomic E-state index is 7.00. The van der Waals surface area contributed by atoms with Gasteiger partial charge in [0.2, 0.25) is 0 Å². The van der Waals surface area contributed by atoms with Gasteiger partial charge in [0.1, 0.15) is 0 Å². The standard InChI is InChI=1S/C14H13ClN4.CH4O/c1-4-9-5-11(18-8-13(9)17-3)10-6-12(16-2)14(15)19-7-10;1-2/h4-8,16H,1,3H2,2H3;2H,1H3. The molecular weight excluding hydrogens is 288 g/mol. The van der Waals surface area contributed by atoms with Crippen molar-refractivity contribution in [2.45, 2.75) is 0 Å². The van der Waals surface area contributed by atoms with E-state index < -0.39 is 0 Å². The molecule has 0 saturated heterocycles. The summed E-state index contributed by atoms with van der Waals surface area (Å²) in [5.74, 6) is 0. The van der Waals surface area contributed by atoms with Crippen LogP contribution in [0, 0.1) is 0 Å². The monoisotopic (exact) mass is 304 g/mol. The largest absolute Gasteiger partial charge is 0.400 e. The van der Waals surface area contributed by atoms with Gasteiger partial charge in [-0.25, -0.2) is 4.98 Å². The zero-order valence-electron chi connectivity index (χ0n) is 12.0. The van der Waals surface area contributed by atoms with Gasteiger partial charge in [0, 0.05) is 31.5 Å². The summed E-state index contributed by atoms with van der Waals surface area (Å²) >= 11 is 5.96. The lowest BCUT2D eigenvalue weighted by Gasteiger charge is -2.07. The molecule has 0 bridgehead atoms. The predicted molar refractivity (Wildman–Crippen MR) is 89.5 cm³/mol. The van der Waals surface area contributed by atoms with Gasteiger partial charge in [-0.15, -0.1) is 0 Å². The molecule has 0 radical (unpaired) electrons. The van der Waals surface area contributed by atoms with Crippen LogP contribution in [0.5, 0.6) is 0 Å². The molecule has 0 fully saturated rings. The Morgan fingerprint density at radius 1 is 1.29 bits per heavy atom. The Kier molecular flexibility index (Phi) is 6.52. The van der Waals surface area contributed by atoms with E-state index in [4.69, 9.17) is 16.7 Å². The van der Waals surface area contributed by atoms with Crippen LogP contribution in [0.3, 0.4) is 0 Å². The van der Waals surface area contributed by atoms with Gasteiger partial charge in [0.15, 0.2) is 5.15 Å². The Morgan fingerprint density at radius 2 is 2.00 bits per heavy atom. The molecule has 5 nitrogen and oxygen atoms in total. The van der Waals surface area contributed by atoms with Crippen LogP contribution < -0.4 is 5.32 Å². The number of halogens is 1. The number of aromatic nitrogens is 2. The molecule has 0 unspecified atom stereocenters. The molecule has 110 valence electrons. The van der Waals surface area contributed by atoms with Gasteiger partial charge in [0.05, 0.1) is 23.3 Å². The maximum atomic E-state index is 7.00. The molecule has 0 saturated carbocycles. The van der Waals surface area contributed by atoms with Crippen LogP contribution in [0.4, 0.5) is 11.4 Å². The molecule has 2 aromatic rings. The fourth-order valence-corrected chi connectivity index (χ4v) is 1.88. The predicted octanol–water partition coefficient (Wildman–Crippen LogP) is 3.42. The number of aliphatic hydroxyl groups excluding tert-OH is 1. The van der Waals surface area contributed by atoms with Gasteiger partial charge in [-0.1, -0.05) is 24.3 Å². The lowest BCUT2D eigenvalue weighted by Crippen LogP contribution is -1.93. The number of rotatable bonds is 4. The average molecular weight is 305 g/mol. The molecule has 0 aliphatic carbocycles. The first kappa shape index (κ1) is 16.8. The molecule has 0 aliphatic heterocycles. The maximum Gasteiger partial charge on any atom is 0.152 e. The van der Waals surface area contributed by atoms with E-state index >= 15 is 0 Å². The van der Waals surface area contributed by atoms with Crippen LogP contribution in [0.15, 0.2) is 36.1 Å². The summed E-state index contributed by atoms with van der Waals surface area (Å²) in [5.41, 5.74) is 3.98. The second-order valence-corrected chi connectivity index (χ2v) is 4.16. The summed E-state index contributed by atoms with van der Waals surface area (Å²) in [4.78, 5) is 12.4. The number of hydrogen-bond donors (Lipinski definition) is 2. The number of pyridine rings is 2. The van der Waals surface area contributed by atoms with Gasteiger partial charge < -0.3 is 10.4 Å². The molecule has 21 heavy (non-hydrogen) atoms. The van der Waals surface area contributed by atoms with Crippen molar-refractivity contribution in [2.24, 2.45) is 4.99 Å². The number of anilines is 1. The van der Waals surface area contributed by atoms with Gasteiger partial charge in [-0.2, -0.15) is 0 Å². The minimum absolute atomic E-state index is 0.430. The first-order valence-corrected chi connectivity index (χ1v) is 6.45. The Bertz CT molecular complexity index is 644. The number of aliphatic hydroxyl groups is 1. The van der Waals surface area contributed by atoms with E-state index in [0.29, 0.717) is 10.8 Å². The molecule has 0 spiro atoms. The highest BCUT2D eigenvalue weighted by Crippen LogP contribution is 2.28. The Hall–Kier alpha value is -2.24. The van der Waals surface area contributed by atoms with E-state index in [1.807, 2.05) is 12.1 Å². The molecular formula is C15H17ClN4O. The zero-order valence-corrected chi connectivity index (χ0v) is 12.7. The summed E-state index contributed by atoms with van der Waals surface area (Å²) in [6.07, 6.45) is 5.06. The fourth-order valence-electron chi connectivity index (χ4n) is 1.68. The molecule has 2 heterocycles. The number of nitrogens with zero attached hydrogens (tertiary/aromatic N) is 3. The van der Waals surface area contributed by atoms with Gasteiger partial charge in [-0.05, 0) is 18.9 Å². The highest BCUT2D eigenvalue weighted by Gasteiger charge is 2.07. The molecule has 0 amide bonds. The van der Waals surface area contributed by atoms with Crippen LogP contribution in [0.1, 0.15) is 5.56 Å². The lowest BCUT2D eigenvalue weighted by atomic mass is 10.1. The topological polar surface area (TPSA) is 70.4 Å². The second-order valence-electron chi connectivity index (χ2n) is 3.80. The van der Waals surface area contributed by atoms with Crippen molar-refractivity contribution in [3.63, 3.8) is 0 Å². The Balaban J connectivity index is 0.00000106. The minimum atomic E-state index is 0.430. The van der Waals surface area contributed by atoms with Crippen molar-refractivity contribution in [1.82, 2.24) is 9.97 Å². The van der Waals surface area contributed by atoms with Crippen molar-refractivity contribution < 1.29 is 5.11 Å². The SMILES string of the molecule is C=Cc1cc(-c2cnc(Cl)c(NC)c2)ncc1N=C.CO. The smallest absolute Gasteiger partial charge is 0.152 e. The minimum Gasteiger partial charge on any atom is -0.400 e. The fraction of sp³-hybridized carbons (Fsp3) is 0.133. The lowest BCUT2D eigenvalue weighted by molar-refractivity contribution is 0.399. The van der Waals surface area contributed by atoms with Crippen molar-refractivity contribution in [3.05, 3.63) is 41.8 Å². The molecule has 0 atom stereocenters. The number of aliphatic imine (C=N–C) groups is 1. The van der Waals surface area contributed by atoms with Crippen LogP contribution in [-0.4, -0.2) is 35.9 Å². The van der Waals surface area contributed by atoms with Gasteiger partial charge >= 0.3 is 0 Å². The van der Waals surface area contributed by atoms with Gasteiger partial charge in [0.25, 0.3) is 0 Å². The third kappa shape index (κ3) is 3.87. The molecule has 6 heteroatoms. The van der Waals surface area contributed by atoms with E-state index in [9.17, 15) is 0 Å². The third-order valence-corrected chi connectivity index (χ3v) is 3.01. The van der Waals surface area contributed by atoms with E-state index in [0.717, 1.165) is 29.6 Å². The number of hydrogen-bond acceptors (Lipinski definition) is 5. The summed E-state index contributed by atoms with van der Waals surface area (Å²) in [7, 11) is 2.79. The summed E-state index contributed by atoms with van der Waals surface area (Å²) in [5, 5.41) is 10.4. The highest BCUT2D eigenvalue weighted by molar-refractivity contribution is 6.32. The zero-order chi connectivity index (χ0) is 15.8. The average Bonchev–Trinajstić information content (AvgIpc) is 2.56. The van der Waals surface area contributed by atoms with Crippen molar-refractivity contribution >= 4 is 35.8 Å². The molecule has 2 aromatic heterocycles. The highest BCUT2D eigenvalue weighted by atomic mass is 35.5. The van der Waals surface area contributed by atoms with E-state index in [-0.39, 0.29) is 0 Å². The van der Waals surface area contributed by atoms with Crippen LogP contribution in [0.25, 0.3) is 17.3 Å². The first-order valence-electron chi connectivity index (χ1n) is 6.07. The normalized spacial score (nSPS) is 9.33. The van der Waals surface area contributed by atoms with Crippen LogP contribution >= 0.6 is 11.6 Å². The van der Waals surface area contributed by atoms with Gasteiger partial charge in [-0.3, -0.25) is 9.98 Å². The molecule has 0 aliphatic rings. The van der Waals surface area contributed by atoms with Crippen LogP contribution in [0.2, 0.25) is 5.15 Å². The molecule has 2 N–H and O–H groups in total. The van der Waals surface area contributed by atoms with E-state index in [2.05, 4.69) is 33.6 Å². The third-order valence-electron chi connectivity index (χ3n) is 2.71. The molecule has 0 aromatic carbocycles. The van der Waals surface area contributed by atoms with Crippen molar-refractivity contribution in [2.75, 3.05) is 19.5 Å². The summed E-state index contributed by atoms with van der Waals surface area (Å²) in [6, 6.07) is 3.78. The molecule has 2 rings (SSSR count). The second kappa shape index (κ2) is 8.14. The van der Waals surface area contributed by atoms with Crippen molar-refractivity contribution in [3.8, 4) is 11.3 Å². The van der Waals surface area contributed by atoms with Crippen molar-refractivity contribution in [1.29, 1.82) is 0 Å². The van der Waals surface area contributed by atoms with E-state index in [1.165, 1.54) is 0 Å². The van der Waals surface area contributed by atoms with E-state index in [1.54, 1.807) is 25.5 Å². The Morgan fingerprint density at radius 3 is 2.57 bits per heavy atom. The number of nitrogens with one attached hydrogen (secondary N) is 1. The summed E-state index contributed by atoms with van der Waals surface area (Å²) < 4.78 is 0. The quantitative estimate of drug-likeness (QED) is 0.670. The summed E-state index contributed by atoms with van der Waals surface area (Å²) in [6.45, 7) is 7.26. The van der Waals surface area contributed by atoms with Crippen LogP contribution in [-0.2, 0) is 0 Å².